The van der Waals surface area contributed by atoms with Gasteiger partial charge in [0.1, 0.15) is 5.60 Å². The Labute approximate surface area is 125 Å². The lowest BCUT2D eigenvalue weighted by molar-refractivity contribution is -0.0583. The average Bonchev–Trinajstić information content (AvgIpc) is 3.03. The first-order valence-corrected chi connectivity index (χ1v) is 7.45. The number of nitrogens with one attached hydrogen (secondary N) is 1. The van der Waals surface area contributed by atoms with Crippen LogP contribution in [0.5, 0.6) is 0 Å². The van der Waals surface area contributed by atoms with E-state index in [9.17, 15) is 0 Å². The smallest absolute Gasteiger partial charge is 0.258 e. The number of nitrogens with zero attached hydrogens (tertiary/aromatic N) is 2. The van der Waals surface area contributed by atoms with Gasteiger partial charge in [0.15, 0.2) is 0 Å². The number of anilines is 1. The fraction of sp³-hybridized carbons (Fsp3) is 0.500. The predicted octanol–water partition coefficient (Wildman–Crippen LogP) is 3.83. The molecule has 0 spiro atoms. The highest BCUT2D eigenvalue weighted by molar-refractivity contribution is 5.58. The summed E-state index contributed by atoms with van der Waals surface area (Å²) in [4.78, 5) is 4.55. The van der Waals surface area contributed by atoms with Gasteiger partial charge in [-0.25, -0.2) is 0 Å². The first kappa shape index (κ1) is 15.5. The molecule has 0 atom stereocenters. The van der Waals surface area contributed by atoms with Crippen LogP contribution < -0.4 is 5.32 Å². The normalized spacial score (nSPS) is 11.6. The van der Waals surface area contributed by atoms with Crippen LogP contribution in [0.3, 0.4) is 0 Å². The van der Waals surface area contributed by atoms with Gasteiger partial charge in [0.05, 0.1) is 0 Å². The number of ether oxygens (including phenoxy) is 1. The van der Waals surface area contributed by atoms with E-state index in [2.05, 4.69) is 29.3 Å². The van der Waals surface area contributed by atoms with Gasteiger partial charge in [-0.1, -0.05) is 19.0 Å². The molecule has 1 aromatic carbocycles. The molecule has 114 valence electrons. The second kappa shape index (κ2) is 6.72. The number of rotatable bonds is 7. The fourth-order valence-electron chi connectivity index (χ4n) is 2.42. The maximum Gasteiger partial charge on any atom is 0.258 e. The quantitative estimate of drug-likeness (QED) is 0.839. The van der Waals surface area contributed by atoms with Crippen LogP contribution in [0.4, 0.5) is 5.69 Å². The third-order valence-electron chi connectivity index (χ3n) is 3.82. The van der Waals surface area contributed by atoms with Crippen LogP contribution in [0.25, 0.3) is 11.5 Å². The predicted molar refractivity (Wildman–Crippen MR) is 83.2 cm³/mol. The van der Waals surface area contributed by atoms with E-state index >= 15 is 0 Å². The van der Waals surface area contributed by atoms with Crippen molar-refractivity contribution in [2.45, 2.75) is 39.2 Å². The third kappa shape index (κ3) is 3.08. The van der Waals surface area contributed by atoms with Crippen LogP contribution in [0.1, 0.15) is 39.4 Å². The number of benzene rings is 1. The van der Waals surface area contributed by atoms with E-state index in [1.807, 2.05) is 38.2 Å². The molecule has 0 radical (unpaired) electrons. The molecule has 1 N–H and O–H groups in total. The van der Waals surface area contributed by atoms with Crippen molar-refractivity contribution >= 4 is 5.69 Å². The largest absolute Gasteiger partial charge is 0.388 e. The lowest BCUT2D eigenvalue weighted by atomic mass is 9.96. The van der Waals surface area contributed by atoms with Gasteiger partial charge in [-0.2, -0.15) is 4.98 Å². The van der Waals surface area contributed by atoms with Gasteiger partial charge in [0, 0.05) is 24.9 Å². The summed E-state index contributed by atoms with van der Waals surface area (Å²) in [5.74, 6) is 1.15. The Hall–Kier alpha value is -1.88. The summed E-state index contributed by atoms with van der Waals surface area (Å²) in [5, 5.41) is 7.22. The molecule has 0 aliphatic heterocycles. The van der Waals surface area contributed by atoms with Gasteiger partial charge < -0.3 is 14.6 Å². The zero-order valence-electron chi connectivity index (χ0n) is 13.1. The summed E-state index contributed by atoms with van der Waals surface area (Å²) >= 11 is 0. The molecule has 2 rings (SSSR count). The van der Waals surface area contributed by atoms with Crippen LogP contribution >= 0.6 is 0 Å². The van der Waals surface area contributed by atoms with Crippen molar-refractivity contribution < 1.29 is 9.26 Å². The van der Waals surface area contributed by atoms with Crippen LogP contribution in [-0.2, 0) is 10.3 Å². The van der Waals surface area contributed by atoms with Crippen LogP contribution in [0.2, 0.25) is 0 Å². The summed E-state index contributed by atoms with van der Waals surface area (Å²) < 4.78 is 11.3. The number of hydrogen-bond donors (Lipinski definition) is 1. The van der Waals surface area contributed by atoms with E-state index in [4.69, 9.17) is 9.26 Å². The molecule has 0 fully saturated rings. The molecule has 0 aliphatic carbocycles. The molecule has 5 nitrogen and oxygen atoms in total. The minimum Gasteiger partial charge on any atom is -0.388 e. The standard InChI is InChI=1S/C16H23N3O2/c1-5-16(6-2,20-7-3)15-18-14(21-19-15)12-8-10-13(17-4)11-9-12/h8-11,17H,5-7H2,1-4H3. The Bertz CT molecular complexity index is 559. The first-order chi connectivity index (χ1) is 10.2. The van der Waals surface area contributed by atoms with Crippen LogP contribution in [-0.4, -0.2) is 23.8 Å². The summed E-state index contributed by atoms with van der Waals surface area (Å²) in [6.45, 7) is 6.77. The van der Waals surface area contributed by atoms with E-state index in [-0.39, 0.29) is 0 Å². The SMILES string of the molecule is CCOC(CC)(CC)c1noc(-c2ccc(NC)cc2)n1. The molecule has 0 amide bonds. The summed E-state index contributed by atoms with van der Waals surface area (Å²) in [7, 11) is 1.89. The van der Waals surface area contributed by atoms with Gasteiger partial charge in [-0.15, -0.1) is 0 Å². The fourth-order valence-corrected chi connectivity index (χ4v) is 2.42. The summed E-state index contributed by atoms with van der Waals surface area (Å²) in [6, 6.07) is 7.88. The number of hydrogen-bond acceptors (Lipinski definition) is 5. The second-order valence-corrected chi connectivity index (χ2v) is 4.88. The van der Waals surface area contributed by atoms with Crippen molar-refractivity contribution in [1.82, 2.24) is 10.1 Å². The first-order valence-electron chi connectivity index (χ1n) is 7.45. The van der Waals surface area contributed by atoms with Crippen LogP contribution in [0.15, 0.2) is 28.8 Å². The average molecular weight is 289 g/mol. The highest BCUT2D eigenvalue weighted by atomic mass is 16.5. The molecular weight excluding hydrogens is 266 g/mol. The maximum absolute atomic E-state index is 5.90. The minimum atomic E-state index is -0.457. The van der Waals surface area contributed by atoms with E-state index < -0.39 is 5.60 Å². The van der Waals surface area contributed by atoms with Gasteiger partial charge in [-0.05, 0) is 44.0 Å². The maximum atomic E-state index is 5.90. The monoisotopic (exact) mass is 289 g/mol. The van der Waals surface area contributed by atoms with Gasteiger partial charge in [0.2, 0.25) is 5.82 Å². The zero-order chi connectivity index (χ0) is 15.3. The molecule has 1 heterocycles. The minimum absolute atomic E-state index is 0.457. The molecule has 5 heteroatoms. The third-order valence-corrected chi connectivity index (χ3v) is 3.82. The van der Waals surface area contributed by atoms with Gasteiger partial charge in [0.25, 0.3) is 5.89 Å². The van der Waals surface area contributed by atoms with Crippen molar-refractivity contribution in [2.75, 3.05) is 19.0 Å². The van der Waals surface area contributed by atoms with E-state index in [1.165, 1.54) is 0 Å². The number of aromatic nitrogens is 2. The highest BCUT2D eigenvalue weighted by Crippen LogP contribution is 2.32. The molecule has 0 unspecified atom stereocenters. The second-order valence-electron chi connectivity index (χ2n) is 4.88. The van der Waals surface area contributed by atoms with Crippen molar-refractivity contribution in [3.8, 4) is 11.5 Å². The molecule has 2 aromatic rings. The van der Waals surface area contributed by atoms with Crippen molar-refractivity contribution in [3.63, 3.8) is 0 Å². The molecule has 0 saturated carbocycles. The molecular formula is C16H23N3O2. The van der Waals surface area contributed by atoms with Crippen LogP contribution in [0, 0.1) is 0 Å². The Balaban J connectivity index is 2.31. The lowest BCUT2D eigenvalue weighted by Gasteiger charge is -2.27. The van der Waals surface area contributed by atoms with E-state index in [1.54, 1.807) is 0 Å². The van der Waals surface area contributed by atoms with Crippen molar-refractivity contribution in [2.24, 2.45) is 0 Å². The van der Waals surface area contributed by atoms with E-state index in [0.29, 0.717) is 18.3 Å². The van der Waals surface area contributed by atoms with Crippen molar-refractivity contribution in [1.29, 1.82) is 0 Å². The molecule has 1 aromatic heterocycles. The topological polar surface area (TPSA) is 60.2 Å². The molecule has 0 aliphatic rings. The highest BCUT2D eigenvalue weighted by Gasteiger charge is 2.34. The van der Waals surface area contributed by atoms with Gasteiger partial charge in [-0.3, -0.25) is 0 Å². The Morgan fingerprint density at radius 3 is 2.33 bits per heavy atom. The van der Waals surface area contributed by atoms with Crippen molar-refractivity contribution in [3.05, 3.63) is 30.1 Å². The molecule has 0 bridgehead atoms. The lowest BCUT2D eigenvalue weighted by Crippen LogP contribution is -2.29. The van der Waals surface area contributed by atoms with E-state index in [0.717, 1.165) is 24.1 Å². The van der Waals surface area contributed by atoms with Gasteiger partial charge >= 0.3 is 0 Å². The summed E-state index contributed by atoms with van der Waals surface area (Å²) in [5.41, 5.74) is 1.50. The Morgan fingerprint density at radius 2 is 1.81 bits per heavy atom. The molecule has 21 heavy (non-hydrogen) atoms. The Kier molecular flexibility index (Phi) is 4.96. The zero-order valence-corrected chi connectivity index (χ0v) is 13.1. The summed E-state index contributed by atoms with van der Waals surface area (Å²) in [6.07, 6.45) is 1.63. The Morgan fingerprint density at radius 1 is 1.14 bits per heavy atom. The molecule has 0 saturated heterocycles.